The van der Waals surface area contributed by atoms with Gasteiger partial charge >= 0.3 is 13.4 Å². The fourth-order valence-electron chi connectivity index (χ4n) is 8.17. The number of carbonyl (C=O) groups is 2. The number of nitriles is 1. The highest BCUT2D eigenvalue weighted by molar-refractivity contribution is 8.07. The van der Waals surface area contributed by atoms with E-state index in [1.54, 1.807) is 60.8 Å². The summed E-state index contributed by atoms with van der Waals surface area (Å²) in [6.07, 6.45) is -2.76. The Labute approximate surface area is 384 Å². The van der Waals surface area contributed by atoms with Crippen LogP contribution in [-0.2, 0) is 60.4 Å². The minimum atomic E-state index is -4.31. The van der Waals surface area contributed by atoms with Crippen LogP contribution in [-0.4, -0.2) is 108 Å². The van der Waals surface area contributed by atoms with Crippen LogP contribution in [0.2, 0.25) is 0 Å². The molecule has 4 fully saturated rings. The number of benzene rings is 2. The van der Waals surface area contributed by atoms with Crippen molar-refractivity contribution in [3.63, 3.8) is 0 Å². The number of nitrogens with zero attached hydrogens (tertiary/aromatic N) is 8. The molecule has 1 spiro atoms. The molecule has 66 heavy (non-hydrogen) atoms. The van der Waals surface area contributed by atoms with Crippen molar-refractivity contribution in [3.05, 3.63) is 96.5 Å². The van der Waals surface area contributed by atoms with E-state index in [0.29, 0.717) is 41.8 Å². The van der Waals surface area contributed by atoms with Gasteiger partial charge in [-0.2, -0.15) is 5.26 Å². The molecule has 0 radical (unpaired) electrons. The number of halogens is 1. The van der Waals surface area contributed by atoms with Crippen LogP contribution in [0.25, 0.3) is 11.2 Å². The molecule has 342 valence electrons. The summed E-state index contributed by atoms with van der Waals surface area (Å²) in [7, 11) is 0. The zero-order chi connectivity index (χ0) is 45.6. The normalized spacial score (nSPS) is 32.2. The topological polar surface area (TPSA) is 261 Å². The first kappa shape index (κ1) is 44.9. The number of fused-ring (bicyclic) bond motifs is 3. The van der Waals surface area contributed by atoms with Gasteiger partial charge in [0, 0.05) is 23.3 Å². The number of aromatic nitrogens is 6. The summed E-state index contributed by atoms with van der Waals surface area (Å²) in [6, 6.07) is 19.1. The summed E-state index contributed by atoms with van der Waals surface area (Å²) in [5.74, 6) is -2.26. The highest BCUT2D eigenvalue weighted by atomic mass is 32.5. The van der Waals surface area contributed by atoms with Gasteiger partial charge in [-0.1, -0.05) is 36.4 Å². The number of carbonyl (C=O) groups excluding carboxylic acids is 2. The number of hydrogen-bond acceptors (Lipinski definition) is 19. The number of alkyl halides is 1. The number of amides is 2. The van der Waals surface area contributed by atoms with Crippen molar-refractivity contribution in [2.45, 2.75) is 80.5 Å². The van der Waals surface area contributed by atoms with Gasteiger partial charge in [-0.05, 0) is 67.1 Å². The van der Waals surface area contributed by atoms with E-state index >= 15 is 4.39 Å². The van der Waals surface area contributed by atoms with Crippen LogP contribution in [0, 0.1) is 11.3 Å². The molecule has 21 nitrogen and oxygen atoms in total. The Bertz CT molecular complexity index is 2850. The Hall–Kier alpha value is -4.96. The zero-order valence-corrected chi connectivity index (χ0v) is 37.6. The van der Waals surface area contributed by atoms with Crippen molar-refractivity contribution in [1.29, 1.82) is 5.26 Å². The van der Waals surface area contributed by atoms with Crippen molar-refractivity contribution in [3.8, 4) is 6.07 Å². The summed E-state index contributed by atoms with van der Waals surface area (Å²) in [4.78, 5) is 63.5. The van der Waals surface area contributed by atoms with Gasteiger partial charge in [0.1, 0.15) is 30.5 Å². The maximum absolute atomic E-state index is 16.8. The van der Waals surface area contributed by atoms with Gasteiger partial charge in [0.05, 0.1) is 43.8 Å². The van der Waals surface area contributed by atoms with Crippen molar-refractivity contribution < 1.29 is 55.7 Å². The largest absolute Gasteiger partial charge is 0.364 e. The Kier molecular flexibility index (Phi) is 12.4. The lowest BCUT2D eigenvalue weighted by atomic mass is 9.91. The van der Waals surface area contributed by atoms with E-state index in [0.717, 1.165) is 6.33 Å². The Morgan fingerprint density at radius 3 is 2.41 bits per heavy atom. The van der Waals surface area contributed by atoms with E-state index in [1.165, 1.54) is 17.2 Å². The fourth-order valence-corrected chi connectivity index (χ4v) is 11.9. The summed E-state index contributed by atoms with van der Waals surface area (Å²) in [5, 5.41) is 14.9. The predicted molar refractivity (Wildman–Crippen MR) is 236 cm³/mol. The van der Waals surface area contributed by atoms with Gasteiger partial charge < -0.3 is 38.8 Å². The first-order valence-corrected chi connectivity index (χ1v) is 25.7. The molecule has 8 heterocycles. The summed E-state index contributed by atoms with van der Waals surface area (Å²) >= 11 is 11.3. The van der Waals surface area contributed by atoms with Gasteiger partial charge in [-0.25, -0.2) is 29.3 Å². The lowest BCUT2D eigenvalue weighted by molar-refractivity contribution is -0.145. The third-order valence-corrected chi connectivity index (χ3v) is 15.1. The minimum absolute atomic E-state index is 0.0488. The molecule has 5 unspecified atom stereocenters. The van der Waals surface area contributed by atoms with Crippen LogP contribution in [0.4, 0.5) is 21.7 Å². The zero-order valence-electron chi connectivity index (χ0n) is 34.1. The highest BCUT2D eigenvalue weighted by Gasteiger charge is 2.75. The third-order valence-electron chi connectivity index (χ3n) is 11.3. The quantitative estimate of drug-likeness (QED) is 0.0818. The number of ether oxygens (including phenoxy) is 3. The number of imidazole rings is 1. The molecule has 0 saturated carbocycles. The maximum Gasteiger partial charge on any atom is 0.332 e. The number of epoxide rings is 1. The molecule has 10 rings (SSSR count). The van der Waals surface area contributed by atoms with E-state index in [9.17, 15) is 19.7 Å². The Morgan fingerprint density at radius 1 is 0.955 bits per heavy atom. The standard InChI is InChI=1S/C40H37FN10O11P2S2/c41-27-31-39(58-38(27)51-21-48-30-34(46-20-47-35(30)51)50-37(53)24-10-5-2-6-11-24)61-64(66,55-17-7-15-42)62-40-26(18-56-63(54,65)60-31)57-25(32(40)59-40)13-12-22-14-16-43-29-28(22)44-19-45-33(29)49-36(52)23-8-3-1-4-9-23/h1-6,8-11,16,19-22,25-27,31-32,38-39H,7,12-14,17-18H2,(H,54,65)(H,44,45,49,52)(H,46,47,50,53)/t22?,25?,26-,27-,31+,32+,38?,39-,40+,63?,64?/m1/s1. The lowest BCUT2D eigenvalue weighted by Crippen LogP contribution is -2.35. The number of aliphatic imine (C=N–C) groups is 1. The number of rotatable bonds is 11. The average molecular weight is 979 g/mol. The first-order chi connectivity index (χ1) is 31.9. The van der Waals surface area contributed by atoms with Crippen LogP contribution < -0.4 is 10.6 Å². The Balaban J connectivity index is 0.875. The van der Waals surface area contributed by atoms with E-state index in [4.69, 9.17) is 60.4 Å². The number of anilines is 2. The van der Waals surface area contributed by atoms with Gasteiger partial charge in [0.25, 0.3) is 11.8 Å². The van der Waals surface area contributed by atoms with Crippen LogP contribution >= 0.6 is 13.4 Å². The van der Waals surface area contributed by atoms with Crippen LogP contribution in [0.5, 0.6) is 0 Å². The molecule has 4 saturated heterocycles. The van der Waals surface area contributed by atoms with Gasteiger partial charge in [-0.15, -0.1) is 0 Å². The van der Waals surface area contributed by atoms with E-state index in [-0.39, 0.29) is 47.7 Å². The maximum atomic E-state index is 16.8. The second kappa shape index (κ2) is 18.3. The van der Waals surface area contributed by atoms with E-state index in [2.05, 4.69) is 40.5 Å². The van der Waals surface area contributed by atoms with E-state index < -0.39 is 74.8 Å². The predicted octanol–water partition coefficient (Wildman–Crippen LogP) is 5.67. The number of hydrogen-bond donors (Lipinski definition) is 3. The van der Waals surface area contributed by atoms with Crippen LogP contribution in [0.1, 0.15) is 64.2 Å². The second-order valence-electron chi connectivity index (χ2n) is 15.4. The first-order valence-electron chi connectivity index (χ1n) is 20.5. The monoisotopic (exact) mass is 978 g/mol. The molecule has 3 aromatic heterocycles. The second-order valence-corrected chi connectivity index (χ2v) is 21.1. The molecule has 5 aliphatic heterocycles. The summed E-state index contributed by atoms with van der Waals surface area (Å²) in [6.45, 7) is -9.07. The van der Waals surface area contributed by atoms with Crippen LogP contribution in [0.15, 0.2) is 84.6 Å². The molecule has 2 aromatic carbocycles. The molecule has 11 atom stereocenters. The average Bonchev–Trinajstić information content (AvgIpc) is 3.56. The molecule has 5 aliphatic rings. The summed E-state index contributed by atoms with van der Waals surface area (Å²) < 4.78 is 67.2. The molecule has 26 heteroatoms. The van der Waals surface area contributed by atoms with E-state index in [1.807, 2.05) is 12.1 Å². The smallest absolute Gasteiger partial charge is 0.332 e. The van der Waals surface area contributed by atoms with Gasteiger partial charge in [-0.3, -0.25) is 32.7 Å². The minimum Gasteiger partial charge on any atom is -0.364 e. The van der Waals surface area contributed by atoms with Crippen molar-refractivity contribution in [2.75, 3.05) is 23.8 Å². The van der Waals surface area contributed by atoms with Gasteiger partial charge in [0.2, 0.25) is 5.79 Å². The molecule has 5 aromatic rings. The van der Waals surface area contributed by atoms with Crippen molar-refractivity contribution >= 4 is 83.6 Å². The van der Waals surface area contributed by atoms with Crippen molar-refractivity contribution in [1.82, 2.24) is 29.5 Å². The Morgan fingerprint density at radius 2 is 1.67 bits per heavy atom. The highest BCUT2D eigenvalue weighted by Crippen LogP contribution is 2.66. The summed E-state index contributed by atoms with van der Waals surface area (Å²) in [5.41, 5.74) is 2.10. The molecular weight excluding hydrogens is 942 g/mol. The van der Waals surface area contributed by atoms with Crippen molar-refractivity contribution in [2.24, 2.45) is 4.99 Å². The fraction of sp³-hybridized carbons (Fsp3) is 0.375. The van der Waals surface area contributed by atoms with Gasteiger partial charge in [0.15, 0.2) is 47.6 Å². The SMILES string of the molecule is N#CCCOP1(=S)O[C@H]2OC(n3cnc4c(NC(=O)c5ccccc5)ncnc43)[C@H](F)[C@@H]2OP(O)(=S)OC[C@H]2OC(CCC3CC=Nc4c(NC(=O)c5ccccc5)ncnc43)[C@@H]3O[C@]23O1. The molecule has 2 amide bonds. The molecular formula is C40H37FN10O11P2S2. The van der Waals surface area contributed by atoms with Crippen LogP contribution in [0.3, 0.4) is 0 Å². The third kappa shape index (κ3) is 8.83. The number of nitrogens with one attached hydrogen (secondary N) is 2. The molecule has 0 aliphatic carbocycles. The molecule has 3 N–H and O–H groups in total. The molecule has 0 bridgehead atoms. The lowest BCUT2D eigenvalue weighted by Gasteiger charge is -2.29.